The van der Waals surface area contributed by atoms with Crippen LogP contribution < -0.4 is 0 Å². The summed E-state index contributed by atoms with van der Waals surface area (Å²) < 4.78 is 24.2. The number of hydrogen-bond acceptors (Lipinski definition) is 3. The van der Waals surface area contributed by atoms with E-state index < -0.39 is 11.0 Å². The molecule has 3 nitrogen and oxygen atoms in total. The van der Waals surface area contributed by atoms with Gasteiger partial charge in [0.25, 0.3) is 11.0 Å². The summed E-state index contributed by atoms with van der Waals surface area (Å²) in [6.07, 6.45) is 1.16. The first-order valence-corrected chi connectivity index (χ1v) is 3.86. The van der Waals surface area contributed by atoms with E-state index in [9.17, 15) is 8.42 Å². The Labute approximate surface area is 57.2 Å². The fraction of sp³-hybridized carbons (Fsp3) is 0.800. The summed E-state index contributed by atoms with van der Waals surface area (Å²) in [6, 6.07) is 0. The molecule has 0 aromatic heterocycles. The second-order valence-electron chi connectivity index (χ2n) is 1.78. The Morgan fingerprint density at radius 2 is 2.22 bits per heavy atom. The average molecular weight is 151 g/mol. The van der Waals surface area contributed by atoms with Gasteiger partial charge in [-0.25, -0.2) is 8.42 Å². The lowest BCUT2D eigenvalue weighted by atomic mass is 10.2. The van der Waals surface area contributed by atoms with Gasteiger partial charge in [-0.15, -0.1) is 0 Å². The lowest BCUT2D eigenvalue weighted by Crippen LogP contribution is -2.05. The third kappa shape index (κ3) is 5.79. The molecule has 0 saturated carbocycles. The average Bonchev–Trinajstić information content (AvgIpc) is 1.63. The summed E-state index contributed by atoms with van der Waals surface area (Å²) >= 11 is 0. The SMILES string of the molecule is [CH2]CCC(C)O[SH](=O)=O. The molecule has 1 atom stereocenters. The summed E-state index contributed by atoms with van der Waals surface area (Å²) in [5.41, 5.74) is 0. The van der Waals surface area contributed by atoms with Gasteiger partial charge >= 0.3 is 0 Å². The first kappa shape index (κ1) is 8.91. The van der Waals surface area contributed by atoms with Gasteiger partial charge in [0.15, 0.2) is 0 Å². The summed E-state index contributed by atoms with van der Waals surface area (Å²) in [5.74, 6) is 0. The normalized spacial score (nSPS) is 14.1. The zero-order valence-corrected chi connectivity index (χ0v) is 6.27. The van der Waals surface area contributed by atoms with Crippen molar-refractivity contribution in [3.63, 3.8) is 0 Å². The highest BCUT2D eigenvalue weighted by atomic mass is 32.2. The molecule has 0 bridgehead atoms. The standard InChI is InChI=1S/C5H11O3S/c1-3-4-5(2)8-9(6)7/h5,9H,1,3-4H2,2H3. The molecule has 0 rings (SSSR count). The Morgan fingerprint density at radius 1 is 1.67 bits per heavy atom. The van der Waals surface area contributed by atoms with Crippen LogP contribution in [0.1, 0.15) is 19.8 Å². The van der Waals surface area contributed by atoms with Crippen molar-refractivity contribution in [3.8, 4) is 0 Å². The minimum Gasteiger partial charge on any atom is -0.269 e. The summed E-state index contributed by atoms with van der Waals surface area (Å²) in [4.78, 5) is 0. The van der Waals surface area contributed by atoms with E-state index in [-0.39, 0.29) is 6.10 Å². The van der Waals surface area contributed by atoms with Crippen molar-refractivity contribution in [3.05, 3.63) is 6.92 Å². The molecule has 4 heteroatoms. The minimum absolute atomic E-state index is 0.219. The molecule has 0 fully saturated rings. The van der Waals surface area contributed by atoms with Gasteiger partial charge in [-0.2, -0.15) is 0 Å². The molecule has 0 spiro atoms. The molecule has 0 saturated heterocycles. The predicted molar refractivity (Wildman–Crippen MR) is 35.5 cm³/mol. The second kappa shape index (κ2) is 4.76. The van der Waals surface area contributed by atoms with Crippen LogP contribution in [-0.2, 0) is 15.2 Å². The fourth-order valence-corrected chi connectivity index (χ4v) is 0.886. The van der Waals surface area contributed by atoms with E-state index in [1.54, 1.807) is 6.92 Å². The van der Waals surface area contributed by atoms with E-state index in [1.165, 1.54) is 0 Å². The van der Waals surface area contributed by atoms with Gasteiger partial charge in [-0.1, -0.05) is 13.3 Å². The maximum absolute atomic E-state index is 9.88. The second-order valence-corrected chi connectivity index (χ2v) is 2.44. The number of hydrogen-bond donors (Lipinski definition) is 1. The first-order valence-electron chi connectivity index (χ1n) is 2.77. The molecule has 0 amide bonds. The van der Waals surface area contributed by atoms with Gasteiger partial charge in [0.1, 0.15) is 0 Å². The monoisotopic (exact) mass is 151 g/mol. The van der Waals surface area contributed by atoms with Gasteiger partial charge in [-0.05, 0) is 13.3 Å². The molecule has 55 valence electrons. The lowest BCUT2D eigenvalue weighted by molar-refractivity contribution is 0.229. The molecule has 9 heavy (non-hydrogen) atoms. The van der Waals surface area contributed by atoms with E-state index in [2.05, 4.69) is 11.1 Å². The van der Waals surface area contributed by atoms with Gasteiger partial charge in [-0.3, -0.25) is 4.18 Å². The molecule has 1 radical (unpaired) electrons. The van der Waals surface area contributed by atoms with Gasteiger partial charge in [0.2, 0.25) is 0 Å². The smallest absolute Gasteiger partial charge is 0.257 e. The van der Waals surface area contributed by atoms with Gasteiger partial charge in [0.05, 0.1) is 6.10 Å². The summed E-state index contributed by atoms with van der Waals surface area (Å²) in [7, 11) is -2.68. The van der Waals surface area contributed by atoms with Crippen LogP contribution in [0.15, 0.2) is 0 Å². The lowest BCUT2D eigenvalue weighted by Gasteiger charge is -2.03. The number of thiol groups is 1. The van der Waals surface area contributed by atoms with Crippen molar-refractivity contribution in [2.24, 2.45) is 0 Å². The molecular weight excluding hydrogens is 140 g/mol. The molecule has 0 aromatic carbocycles. The van der Waals surface area contributed by atoms with Crippen molar-refractivity contribution in [1.29, 1.82) is 0 Å². The highest BCUT2D eigenvalue weighted by Gasteiger charge is 1.99. The molecular formula is C5H11O3S. The molecule has 0 heterocycles. The van der Waals surface area contributed by atoms with Crippen molar-refractivity contribution >= 4 is 11.0 Å². The van der Waals surface area contributed by atoms with E-state index in [0.29, 0.717) is 12.8 Å². The Balaban J connectivity index is 3.37. The Bertz CT molecular complexity index is 122. The van der Waals surface area contributed by atoms with Crippen LogP contribution in [0.25, 0.3) is 0 Å². The van der Waals surface area contributed by atoms with Crippen LogP contribution in [0.4, 0.5) is 0 Å². The fourth-order valence-electron chi connectivity index (χ4n) is 0.487. The predicted octanol–water partition coefficient (Wildman–Crippen LogP) is 0.532. The van der Waals surface area contributed by atoms with Crippen molar-refractivity contribution in [1.82, 2.24) is 0 Å². The van der Waals surface area contributed by atoms with Crippen LogP contribution in [0.3, 0.4) is 0 Å². The third-order valence-electron chi connectivity index (χ3n) is 0.877. The highest BCUT2D eigenvalue weighted by molar-refractivity contribution is 7.67. The van der Waals surface area contributed by atoms with E-state index in [1.807, 2.05) is 0 Å². The van der Waals surface area contributed by atoms with Gasteiger partial charge in [0, 0.05) is 0 Å². The molecule has 0 aliphatic heterocycles. The van der Waals surface area contributed by atoms with Crippen LogP contribution in [0, 0.1) is 6.92 Å². The molecule has 0 N–H and O–H groups in total. The topological polar surface area (TPSA) is 43.4 Å². The van der Waals surface area contributed by atoms with E-state index >= 15 is 0 Å². The van der Waals surface area contributed by atoms with E-state index in [4.69, 9.17) is 0 Å². The Hall–Kier alpha value is -0.0900. The Morgan fingerprint density at radius 3 is 2.56 bits per heavy atom. The molecule has 0 aliphatic rings. The van der Waals surface area contributed by atoms with Crippen LogP contribution in [0.5, 0.6) is 0 Å². The van der Waals surface area contributed by atoms with Crippen LogP contribution in [-0.4, -0.2) is 14.5 Å². The minimum atomic E-state index is -2.68. The maximum Gasteiger partial charge on any atom is 0.257 e. The zero-order chi connectivity index (χ0) is 7.28. The molecule has 1 unspecified atom stereocenters. The molecule has 0 aromatic rings. The van der Waals surface area contributed by atoms with Crippen molar-refractivity contribution < 1.29 is 12.6 Å². The van der Waals surface area contributed by atoms with Crippen LogP contribution >= 0.6 is 0 Å². The van der Waals surface area contributed by atoms with Crippen molar-refractivity contribution in [2.45, 2.75) is 25.9 Å². The highest BCUT2D eigenvalue weighted by Crippen LogP contribution is 1.99. The molecule has 0 aliphatic carbocycles. The largest absolute Gasteiger partial charge is 0.269 e. The number of rotatable bonds is 4. The maximum atomic E-state index is 9.88. The van der Waals surface area contributed by atoms with E-state index in [0.717, 1.165) is 0 Å². The third-order valence-corrected chi connectivity index (χ3v) is 1.41. The summed E-state index contributed by atoms with van der Waals surface area (Å²) in [6.45, 7) is 5.26. The quantitative estimate of drug-likeness (QED) is 0.596. The van der Waals surface area contributed by atoms with Gasteiger partial charge < -0.3 is 0 Å². The van der Waals surface area contributed by atoms with Crippen molar-refractivity contribution in [2.75, 3.05) is 0 Å². The van der Waals surface area contributed by atoms with Crippen LogP contribution in [0.2, 0.25) is 0 Å². The zero-order valence-electron chi connectivity index (χ0n) is 5.37. The Kier molecular flexibility index (Phi) is 4.71. The summed E-state index contributed by atoms with van der Waals surface area (Å²) in [5, 5.41) is 0. The first-order chi connectivity index (χ1) is 4.16.